The van der Waals surface area contributed by atoms with Crippen molar-refractivity contribution >= 4 is 23.9 Å². The zero-order valence-electron chi connectivity index (χ0n) is 8.18. The first-order valence-corrected chi connectivity index (χ1v) is 4.46. The molecule has 2 rings (SSSR count). The Morgan fingerprint density at radius 3 is 2.19 bits per heavy atom. The number of nitrogens with two attached hydrogens (primary N) is 1. The van der Waals surface area contributed by atoms with Gasteiger partial charge in [0.2, 0.25) is 0 Å². The van der Waals surface area contributed by atoms with Crippen LogP contribution in [0.2, 0.25) is 0 Å². The molecule has 0 saturated heterocycles. The molecule has 0 aromatic heterocycles. The van der Waals surface area contributed by atoms with E-state index in [1.165, 1.54) is 0 Å². The molecular weight excluding hydrogens is 208 g/mol. The highest BCUT2D eigenvalue weighted by Gasteiger charge is 2.37. The smallest absolute Gasteiger partial charge is 0.267 e. The fourth-order valence-corrected chi connectivity index (χ4v) is 1.54. The number of carbonyl (C=O) groups excluding carboxylic acids is 2. The SMILES string of the molecule is N=C(/C=N\N)N1C(=O)c2ccccc2C1=O. The van der Waals surface area contributed by atoms with Crippen LogP contribution >= 0.6 is 0 Å². The minimum Gasteiger partial charge on any atom is -0.323 e. The Kier molecular flexibility index (Phi) is 2.24. The fraction of sp³-hybridized carbons (Fsp3) is 0. The zero-order chi connectivity index (χ0) is 11.7. The van der Waals surface area contributed by atoms with Gasteiger partial charge in [-0.05, 0) is 12.1 Å². The Bertz CT molecular complexity index is 486. The molecule has 0 saturated carbocycles. The molecule has 3 N–H and O–H groups in total. The zero-order valence-corrected chi connectivity index (χ0v) is 8.18. The van der Waals surface area contributed by atoms with Gasteiger partial charge < -0.3 is 5.84 Å². The van der Waals surface area contributed by atoms with E-state index in [1.54, 1.807) is 24.3 Å². The number of amides is 2. The van der Waals surface area contributed by atoms with Crippen LogP contribution in [0.3, 0.4) is 0 Å². The summed E-state index contributed by atoms with van der Waals surface area (Å²) in [6.07, 6.45) is 0.946. The van der Waals surface area contributed by atoms with Crippen LogP contribution in [-0.2, 0) is 0 Å². The number of imide groups is 1. The summed E-state index contributed by atoms with van der Waals surface area (Å²) in [7, 11) is 0. The molecule has 6 nitrogen and oxygen atoms in total. The molecule has 0 atom stereocenters. The Morgan fingerprint density at radius 2 is 1.75 bits per heavy atom. The molecule has 1 aliphatic rings. The van der Waals surface area contributed by atoms with E-state index in [2.05, 4.69) is 5.10 Å². The van der Waals surface area contributed by atoms with Gasteiger partial charge in [-0.2, -0.15) is 5.10 Å². The monoisotopic (exact) mass is 216 g/mol. The summed E-state index contributed by atoms with van der Waals surface area (Å²) in [6, 6.07) is 6.41. The van der Waals surface area contributed by atoms with Crippen LogP contribution in [0.25, 0.3) is 0 Å². The number of hydrazone groups is 1. The molecule has 1 heterocycles. The predicted molar refractivity (Wildman–Crippen MR) is 57.3 cm³/mol. The summed E-state index contributed by atoms with van der Waals surface area (Å²) >= 11 is 0. The topological polar surface area (TPSA) is 99.6 Å². The molecule has 0 spiro atoms. The van der Waals surface area contributed by atoms with E-state index in [9.17, 15) is 9.59 Å². The molecule has 0 aliphatic carbocycles. The number of nitrogens with one attached hydrogen (secondary N) is 1. The molecule has 1 aromatic rings. The minimum atomic E-state index is -0.523. The van der Waals surface area contributed by atoms with Gasteiger partial charge in [-0.1, -0.05) is 12.1 Å². The molecule has 16 heavy (non-hydrogen) atoms. The van der Waals surface area contributed by atoms with Gasteiger partial charge in [0.1, 0.15) is 0 Å². The minimum absolute atomic E-state index is 0.294. The number of amidine groups is 1. The number of carbonyl (C=O) groups is 2. The molecule has 1 aromatic carbocycles. The van der Waals surface area contributed by atoms with E-state index >= 15 is 0 Å². The van der Waals surface area contributed by atoms with E-state index in [0.29, 0.717) is 11.1 Å². The fourth-order valence-electron chi connectivity index (χ4n) is 1.54. The maximum atomic E-state index is 11.8. The van der Waals surface area contributed by atoms with Gasteiger partial charge in [-0.15, -0.1) is 0 Å². The quantitative estimate of drug-likeness (QED) is 0.230. The van der Waals surface area contributed by atoms with Crippen molar-refractivity contribution in [3.63, 3.8) is 0 Å². The number of fused-ring (bicyclic) bond motifs is 1. The second-order valence-electron chi connectivity index (χ2n) is 3.15. The van der Waals surface area contributed by atoms with Gasteiger partial charge in [0, 0.05) is 0 Å². The number of benzene rings is 1. The van der Waals surface area contributed by atoms with Crippen LogP contribution in [-0.4, -0.2) is 28.8 Å². The van der Waals surface area contributed by atoms with Crippen molar-refractivity contribution in [2.75, 3.05) is 0 Å². The highest BCUT2D eigenvalue weighted by Crippen LogP contribution is 2.22. The second kappa shape index (κ2) is 3.58. The molecule has 0 unspecified atom stereocenters. The number of hydrogen-bond acceptors (Lipinski definition) is 5. The summed E-state index contributed by atoms with van der Waals surface area (Å²) in [6.45, 7) is 0. The first kappa shape index (κ1) is 10.0. The maximum absolute atomic E-state index is 11.8. The first-order valence-electron chi connectivity index (χ1n) is 4.46. The van der Waals surface area contributed by atoms with E-state index in [-0.39, 0.29) is 5.84 Å². The third-order valence-electron chi connectivity index (χ3n) is 2.23. The van der Waals surface area contributed by atoms with Crippen molar-refractivity contribution in [2.45, 2.75) is 0 Å². The van der Waals surface area contributed by atoms with Gasteiger partial charge in [0.25, 0.3) is 11.8 Å². The molecular formula is C10H8N4O2. The van der Waals surface area contributed by atoms with E-state index < -0.39 is 11.8 Å². The van der Waals surface area contributed by atoms with Crippen LogP contribution < -0.4 is 5.84 Å². The van der Waals surface area contributed by atoms with Crippen LogP contribution in [0.15, 0.2) is 29.4 Å². The van der Waals surface area contributed by atoms with E-state index in [4.69, 9.17) is 11.3 Å². The highest BCUT2D eigenvalue weighted by molar-refractivity contribution is 6.41. The lowest BCUT2D eigenvalue weighted by molar-refractivity contribution is 0.0750. The van der Waals surface area contributed by atoms with Crippen molar-refractivity contribution in [2.24, 2.45) is 10.9 Å². The number of hydrogen-bond donors (Lipinski definition) is 2. The van der Waals surface area contributed by atoms with Crippen LogP contribution in [0.1, 0.15) is 20.7 Å². The average molecular weight is 216 g/mol. The third kappa shape index (κ3) is 1.28. The largest absolute Gasteiger partial charge is 0.323 e. The average Bonchev–Trinajstić information content (AvgIpc) is 2.53. The first-order chi connectivity index (χ1) is 7.66. The number of rotatable bonds is 1. The van der Waals surface area contributed by atoms with Crippen LogP contribution in [0.5, 0.6) is 0 Å². The van der Waals surface area contributed by atoms with Gasteiger partial charge in [-0.3, -0.25) is 15.0 Å². The summed E-state index contributed by atoms with van der Waals surface area (Å²) < 4.78 is 0. The normalized spacial score (nSPS) is 14.6. The van der Waals surface area contributed by atoms with Gasteiger partial charge >= 0.3 is 0 Å². The lowest BCUT2D eigenvalue weighted by atomic mass is 10.1. The lowest BCUT2D eigenvalue weighted by Gasteiger charge is -2.10. The van der Waals surface area contributed by atoms with Crippen molar-refractivity contribution in [3.8, 4) is 0 Å². The van der Waals surface area contributed by atoms with Crippen molar-refractivity contribution < 1.29 is 9.59 Å². The Morgan fingerprint density at radius 1 is 1.25 bits per heavy atom. The maximum Gasteiger partial charge on any atom is 0.267 e. The molecule has 0 fully saturated rings. The van der Waals surface area contributed by atoms with E-state index in [0.717, 1.165) is 11.1 Å². The van der Waals surface area contributed by atoms with Gasteiger partial charge in [0.05, 0.1) is 17.3 Å². The molecule has 2 amide bonds. The van der Waals surface area contributed by atoms with Crippen molar-refractivity contribution in [1.29, 1.82) is 5.41 Å². The van der Waals surface area contributed by atoms with E-state index in [1.807, 2.05) is 0 Å². The van der Waals surface area contributed by atoms with Gasteiger partial charge in [-0.25, -0.2) is 4.90 Å². The van der Waals surface area contributed by atoms with Crippen LogP contribution in [0.4, 0.5) is 0 Å². The third-order valence-corrected chi connectivity index (χ3v) is 2.23. The molecule has 0 radical (unpaired) electrons. The summed E-state index contributed by atoms with van der Waals surface area (Å²) in [4.78, 5) is 24.3. The summed E-state index contributed by atoms with van der Waals surface area (Å²) in [5.74, 6) is 3.49. The van der Waals surface area contributed by atoms with Crippen molar-refractivity contribution in [1.82, 2.24) is 4.90 Å². The lowest BCUT2D eigenvalue weighted by Crippen LogP contribution is -2.36. The molecule has 80 valence electrons. The Balaban J connectivity index is 2.46. The second-order valence-corrected chi connectivity index (χ2v) is 3.15. The predicted octanol–water partition coefficient (Wildman–Crippen LogP) is 0.204. The molecule has 6 heteroatoms. The molecule has 0 bridgehead atoms. The van der Waals surface area contributed by atoms with Gasteiger partial charge in [0.15, 0.2) is 5.84 Å². The van der Waals surface area contributed by atoms with Crippen molar-refractivity contribution in [3.05, 3.63) is 35.4 Å². The summed E-state index contributed by atoms with van der Waals surface area (Å²) in [5.41, 5.74) is 0.588. The Hall–Kier alpha value is -2.50. The van der Waals surface area contributed by atoms with Crippen LogP contribution in [0, 0.1) is 5.41 Å². The summed E-state index contributed by atoms with van der Waals surface area (Å²) in [5, 5.41) is 10.6. The number of nitrogens with zero attached hydrogens (tertiary/aromatic N) is 2. The Labute approximate surface area is 90.9 Å². The molecule has 1 aliphatic heterocycles. The highest BCUT2D eigenvalue weighted by atomic mass is 16.2. The standard InChI is InChI=1S/C10H8N4O2/c11-8(5-13-12)14-9(15)6-3-1-2-4-7(6)10(14)16/h1-5,11H,12H2/b11-8?,13-5-.